The van der Waals surface area contributed by atoms with E-state index >= 15 is 0 Å². The Morgan fingerprint density at radius 1 is 1.24 bits per heavy atom. The Morgan fingerprint density at radius 2 is 1.96 bits per heavy atom. The summed E-state index contributed by atoms with van der Waals surface area (Å²) < 4.78 is 0. The predicted molar refractivity (Wildman–Crippen MR) is 98.0 cm³/mol. The number of amides is 1. The van der Waals surface area contributed by atoms with Crippen molar-refractivity contribution in [2.45, 2.75) is 32.2 Å². The third kappa shape index (κ3) is 3.51. The molecule has 0 radical (unpaired) electrons. The Bertz CT molecular complexity index is 778. The molecule has 1 aliphatic carbocycles. The number of carbonyl (C=O) groups is 2. The van der Waals surface area contributed by atoms with Crippen molar-refractivity contribution < 1.29 is 9.59 Å². The monoisotopic (exact) mass is 339 g/mol. The summed E-state index contributed by atoms with van der Waals surface area (Å²) in [4.78, 5) is 30.1. The molecule has 0 spiro atoms. The molecular formula is C20H25N3O2. The first kappa shape index (κ1) is 17.4. The second-order valence-corrected chi connectivity index (χ2v) is 6.86. The average molecular weight is 339 g/mol. The lowest BCUT2D eigenvalue weighted by molar-refractivity contribution is 0.0936. The van der Waals surface area contributed by atoms with E-state index in [4.69, 9.17) is 0 Å². The maximum atomic E-state index is 12.7. The maximum Gasteiger partial charge on any atom is 0.268 e. The van der Waals surface area contributed by atoms with Crippen LogP contribution in [0, 0.1) is 6.92 Å². The Balaban J connectivity index is 1.75. The molecule has 1 aliphatic rings. The number of benzene rings is 1. The number of ketones is 1. The number of likely N-dealkylation sites (N-methyl/N-ethyl adjacent to an activating group) is 1. The summed E-state index contributed by atoms with van der Waals surface area (Å²) in [6.45, 7) is 2.36. The van der Waals surface area contributed by atoms with E-state index in [0.29, 0.717) is 18.7 Å². The number of aromatic amines is 1. The number of carbonyl (C=O) groups excluding carboxylic acids is 2. The summed E-state index contributed by atoms with van der Waals surface area (Å²) in [6.07, 6.45) is 2.26. The number of hydrogen-bond acceptors (Lipinski definition) is 3. The van der Waals surface area contributed by atoms with Crippen LogP contribution in [0.3, 0.4) is 0 Å². The third-order valence-electron chi connectivity index (χ3n) is 4.93. The van der Waals surface area contributed by atoms with E-state index in [1.54, 1.807) is 0 Å². The molecule has 1 aromatic heterocycles. The quantitative estimate of drug-likeness (QED) is 0.880. The van der Waals surface area contributed by atoms with E-state index in [9.17, 15) is 9.59 Å². The fourth-order valence-corrected chi connectivity index (χ4v) is 3.55. The number of nitrogens with one attached hydrogen (secondary N) is 2. The van der Waals surface area contributed by atoms with Gasteiger partial charge in [0.2, 0.25) is 0 Å². The zero-order valence-electron chi connectivity index (χ0n) is 15.1. The van der Waals surface area contributed by atoms with Crippen LogP contribution >= 0.6 is 0 Å². The largest absolute Gasteiger partial charge is 0.354 e. The van der Waals surface area contributed by atoms with Gasteiger partial charge >= 0.3 is 0 Å². The van der Waals surface area contributed by atoms with E-state index < -0.39 is 0 Å². The van der Waals surface area contributed by atoms with Gasteiger partial charge in [0, 0.05) is 24.2 Å². The van der Waals surface area contributed by atoms with Gasteiger partial charge in [-0.1, -0.05) is 30.3 Å². The molecule has 2 N–H and O–H groups in total. The van der Waals surface area contributed by atoms with Crippen LogP contribution in [-0.2, 0) is 6.42 Å². The smallest absolute Gasteiger partial charge is 0.268 e. The van der Waals surface area contributed by atoms with Gasteiger partial charge in [0.15, 0.2) is 5.78 Å². The highest BCUT2D eigenvalue weighted by molar-refractivity contribution is 6.04. The van der Waals surface area contributed by atoms with Gasteiger partial charge in [-0.15, -0.1) is 0 Å². The zero-order valence-corrected chi connectivity index (χ0v) is 15.1. The first-order valence-electron chi connectivity index (χ1n) is 8.73. The molecule has 1 atom stereocenters. The molecular weight excluding hydrogens is 314 g/mol. The molecule has 0 saturated carbocycles. The maximum absolute atomic E-state index is 12.7. The number of rotatable bonds is 5. The highest BCUT2D eigenvalue weighted by Crippen LogP contribution is 2.26. The topological polar surface area (TPSA) is 65.2 Å². The van der Waals surface area contributed by atoms with Crippen LogP contribution < -0.4 is 5.32 Å². The van der Waals surface area contributed by atoms with Crippen LogP contribution in [0.25, 0.3) is 0 Å². The molecule has 0 fully saturated rings. The lowest BCUT2D eigenvalue weighted by Crippen LogP contribution is -2.35. The Morgan fingerprint density at radius 3 is 2.60 bits per heavy atom. The number of nitrogens with zero attached hydrogens (tertiary/aromatic N) is 1. The molecule has 1 heterocycles. The SMILES string of the molecule is Cc1c(C(=O)NC[C@@H](c2ccccc2)N(C)C)[nH]c2c1C(=O)CCC2. The normalized spacial score (nSPS) is 15.1. The van der Waals surface area contributed by atoms with E-state index in [2.05, 4.69) is 27.3 Å². The van der Waals surface area contributed by atoms with Crippen LogP contribution in [0.5, 0.6) is 0 Å². The van der Waals surface area contributed by atoms with Crippen molar-refractivity contribution in [2.24, 2.45) is 0 Å². The summed E-state index contributed by atoms with van der Waals surface area (Å²) in [5.74, 6) is -0.00742. The summed E-state index contributed by atoms with van der Waals surface area (Å²) in [7, 11) is 4.00. The van der Waals surface area contributed by atoms with Crippen molar-refractivity contribution in [2.75, 3.05) is 20.6 Å². The number of fused-ring (bicyclic) bond motifs is 1. The van der Waals surface area contributed by atoms with Gasteiger partial charge in [0.1, 0.15) is 5.69 Å². The van der Waals surface area contributed by atoms with E-state index in [1.807, 2.05) is 39.2 Å². The summed E-state index contributed by atoms with van der Waals surface area (Å²) in [5, 5.41) is 3.02. The molecule has 5 heteroatoms. The van der Waals surface area contributed by atoms with E-state index in [0.717, 1.165) is 35.2 Å². The molecule has 1 amide bonds. The molecule has 0 unspecified atom stereocenters. The fourth-order valence-electron chi connectivity index (χ4n) is 3.55. The average Bonchev–Trinajstić information content (AvgIpc) is 2.94. The molecule has 25 heavy (non-hydrogen) atoms. The predicted octanol–water partition coefficient (Wildman–Crippen LogP) is 2.87. The number of H-pyrrole nitrogens is 1. The van der Waals surface area contributed by atoms with Crippen molar-refractivity contribution in [1.82, 2.24) is 15.2 Å². The summed E-state index contributed by atoms with van der Waals surface area (Å²) >= 11 is 0. The van der Waals surface area contributed by atoms with Crippen molar-refractivity contribution in [3.8, 4) is 0 Å². The lowest BCUT2D eigenvalue weighted by atomic mass is 9.94. The van der Waals surface area contributed by atoms with Crippen molar-refractivity contribution in [3.05, 3.63) is 58.4 Å². The second kappa shape index (κ2) is 7.23. The first-order valence-corrected chi connectivity index (χ1v) is 8.73. The van der Waals surface area contributed by atoms with E-state index in [-0.39, 0.29) is 17.7 Å². The summed E-state index contributed by atoms with van der Waals surface area (Å²) in [6, 6.07) is 10.2. The van der Waals surface area contributed by atoms with Gasteiger partial charge in [-0.05, 0) is 45.0 Å². The molecule has 0 bridgehead atoms. The van der Waals surface area contributed by atoms with Crippen LogP contribution in [0.15, 0.2) is 30.3 Å². The molecule has 0 saturated heterocycles. The fraction of sp³-hybridized carbons (Fsp3) is 0.400. The Kier molecular flexibility index (Phi) is 5.04. The molecule has 0 aliphatic heterocycles. The van der Waals surface area contributed by atoms with Gasteiger partial charge in [0.05, 0.1) is 6.04 Å². The highest BCUT2D eigenvalue weighted by atomic mass is 16.2. The minimum Gasteiger partial charge on any atom is -0.354 e. The highest BCUT2D eigenvalue weighted by Gasteiger charge is 2.26. The second-order valence-electron chi connectivity index (χ2n) is 6.86. The first-order chi connectivity index (χ1) is 12.0. The minimum absolute atomic E-state index is 0.0941. The van der Waals surface area contributed by atoms with Crippen LogP contribution in [0.4, 0.5) is 0 Å². The zero-order chi connectivity index (χ0) is 18.0. The molecule has 1 aromatic carbocycles. The Labute approximate surface area is 148 Å². The van der Waals surface area contributed by atoms with Gasteiger partial charge in [-0.25, -0.2) is 0 Å². The minimum atomic E-state index is -0.150. The number of hydrogen-bond donors (Lipinski definition) is 2. The molecule has 5 nitrogen and oxygen atoms in total. The standard InChI is InChI=1S/C20H25N3O2/c1-13-18-15(10-7-11-17(18)24)22-19(13)20(25)21-12-16(23(2)3)14-8-5-4-6-9-14/h4-6,8-9,16,22H,7,10-12H2,1-3H3,(H,21,25)/t16-/m0/s1. The number of aromatic nitrogens is 1. The van der Waals surface area contributed by atoms with Gasteiger partial charge < -0.3 is 15.2 Å². The van der Waals surface area contributed by atoms with Crippen LogP contribution in [0.2, 0.25) is 0 Å². The lowest BCUT2D eigenvalue weighted by Gasteiger charge is -2.25. The molecule has 132 valence electrons. The molecule has 3 rings (SSSR count). The molecule has 2 aromatic rings. The van der Waals surface area contributed by atoms with Gasteiger partial charge in [0.25, 0.3) is 5.91 Å². The third-order valence-corrected chi connectivity index (χ3v) is 4.93. The van der Waals surface area contributed by atoms with Crippen molar-refractivity contribution >= 4 is 11.7 Å². The van der Waals surface area contributed by atoms with E-state index in [1.165, 1.54) is 0 Å². The van der Waals surface area contributed by atoms with Crippen LogP contribution in [0.1, 0.15) is 56.6 Å². The van der Waals surface area contributed by atoms with Gasteiger partial charge in [-0.2, -0.15) is 0 Å². The Hall–Kier alpha value is -2.40. The summed E-state index contributed by atoms with van der Waals surface area (Å²) in [5.41, 5.74) is 4.09. The van der Waals surface area contributed by atoms with Gasteiger partial charge in [-0.3, -0.25) is 9.59 Å². The number of Topliss-reactive ketones (excluding diaryl/α,β-unsaturated/α-hetero) is 1. The van der Waals surface area contributed by atoms with Crippen molar-refractivity contribution in [1.29, 1.82) is 0 Å². The van der Waals surface area contributed by atoms with Crippen molar-refractivity contribution in [3.63, 3.8) is 0 Å². The number of aryl methyl sites for hydroxylation is 1. The van der Waals surface area contributed by atoms with Crippen LogP contribution in [-0.4, -0.2) is 42.2 Å².